The first-order chi connectivity index (χ1) is 13.3. The van der Waals surface area contributed by atoms with Gasteiger partial charge >= 0.3 is 0 Å². The molecule has 1 saturated heterocycles. The SMILES string of the molecule is O[C@]1(c2ccccc2)CCN(Cc2cccc3[nH]ccc23)[C@@H]2CCCC[C@@H]21. The second-order valence-electron chi connectivity index (χ2n) is 8.33. The third kappa shape index (κ3) is 2.90. The summed E-state index contributed by atoms with van der Waals surface area (Å²) in [6, 6.07) is 19.6. The Morgan fingerprint density at radius 2 is 1.85 bits per heavy atom. The van der Waals surface area contributed by atoms with E-state index >= 15 is 0 Å². The van der Waals surface area contributed by atoms with Crippen molar-refractivity contribution in [3.8, 4) is 0 Å². The zero-order chi connectivity index (χ0) is 18.3. The smallest absolute Gasteiger partial charge is 0.0951 e. The molecule has 2 aromatic carbocycles. The molecule has 1 saturated carbocycles. The minimum absolute atomic E-state index is 0.327. The lowest BCUT2D eigenvalue weighted by Gasteiger charge is -2.52. The second kappa shape index (κ2) is 6.81. The highest BCUT2D eigenvalue weighted by molar-refractivity contribution is 5.82. The molecule has 0 bridgehead atoms. The van der Waals surface area contributed by atoms with E-state index in [-0.39, 0.29) is 0 Å². The van der Waals surface area contributed by atoms with Crippen LogP contribution in [0.15, 0.2) is 60.8 Å². The average molecular weight is 361 g/mol. The van der Waals surface area contributed by atoms with Gasteiger partial charge in [-0.15, -0.1) is 0 Å². The standard InChI is InChI=1S/C24H28N2O/c27-24(19-8-2-1-3-9-19)14-16-26(23-12-5-4-10-21(23)24)17-18-7-6-11-22-20(18)13-15-25-22/h1-3,6-9,11,13,15,21,23,25,27H,4-5,10,12,14,16-17H2/t21-,23+,24-/m0/s1. The van der Waals surface area contributed by atoms with Gasteiger partial charge in [-0.25, -0.2) is 0 Å². The van der Waals surface area contributed by atoms with Crippen molar-refractivity contribution >= 4 is 10.9 Å². The Morgan fingerprint density at radius 3 is 2.74 bits per heavy atom. The minimum Gasteiger partial charge on any atom is -0.385 e. The molecule has 1 aromatic heterocycles. The van der Waals surface area contributed by atoms with Gasteiger partial charge in [-0.2, -0.15) is 0 Å². The molecule has 2 fully saturated rings. The van der Waals surface area contributed by atoms with Gasteiger partial charge in [0.05, 0.1) is 5.60 Å². The van der Waals surface area contributed by atoms with Crippen LogP contribution < -0.4 is 0 Å². The molecule has 1 aliphatic heterocycles. The molecule has 0 spiro atoms. The number of likely N-dealkylation sites (tertiary alicyclic amines) is 1. The van der Waals surface area contributed by atoms with Crippen molar-refractivity contribution in [1.29, 1.82) is 0 Å². The first-order valence-corrected chi connectivity index (χ1v) is 10.3. The van der Waals surface area contributed by atoms with Gasteiger partial charge in [0.25, 0.3) is 0 Å². The number of aromatic amines is 1. The third-order valence-electron chi connectivity index (χ3n) is 6.92. The van der Waals surface area contributed by atoms with Crippen LogP contribution in [0.2, 0.25) is 0 Å². The Bertz CT molecular complexity index is 918. The summed E-state index contributed by atoms with van der Waals surface area (Å²) in [5, 5.41) is 13.1. The molecule has 3 atom stereocenters. The summed E-state index contributed by atoms with van der Waals surface area (Å²) in [6.45, 7) is 1.93. The van der Waals surface area contributed by atoms with Gasteiger partial charge in [-0.05, 0) is 42.5 Å². The zero-order valence-electron chi connectivity index (χ0n) is 15.8. The van der Waals surface area contributed by atoms with E-state index < -0.39 is 5.60 Å². The average Bonchev–Trinajstić information content (AvgIpc) is 3.21. The Kier molecular flexibility index (Phi) is 4.30. The fourth-order valence-corrected chi connectivity index (χ4v) is 5.56. The molecule has 27 heavy (non-hydrogen) atoms. The van der Waals surface area contributed by atoms with Crippen LogP contribution in [-0.2, 0) is 12.1 Å². The fraction of sp³-hybridized carbons (Fsp3) is 0.417. The zero-order valence-corrected chi connectivity index (χ0v) is 15.8. The lowest BCUT2D eigenvalue weighted by Crippen LogP contribution is -2.57. The fourth-order valence-electron chi connectivity index (χ4n) is 5.56. The monoisotopic (exact) mass is 360 g/mol. The van der Waals surface area contributed by atoms with Crippen LogP contribution in [0.4, 0.5) is 0 Å². The van der Waals surface area contributed by atoms with Crippen LogP contribution >= 0.6 is 0 Å². The molecular weight excluding hydrogens is 332 g/mol. The van der Waals surface area contributed by atoms with Crippen molar-refractivity contribution < 1.29 is 5.11 Å². The van der Waals surface area contributed by atoms with Gasteiger partial charge in [0.2, 0.25) is 0 Å². The number of aliphatic hydroxyl groups is 1. The maximum absolute atomic E-state index is 11.7. The Hall–Kier alpha value is -2.10. The molecule has 2 N–H and O–H groups in total. The summed E-state index contributed by atoms with van der Waals surface area (Å²) in [5.41, 5.74) is 3.03. The maximum Gasteiger partial charge on any atom is 0.0951 e. The lowest BCUT2D eigenvalue weighted by molar-refractivity contribution is -0.122. The number of nitrogens with one attached hydrogen (secondary N) is 1. The van der Waals surface area contributed by atoms with Gasteiger partial charge in [0, 0.05) is 42.1 Å². The normalized spacial score (nSPS) is 28.9. The van der Waals surface area contributed by atoms with Crippen LogP contribution in [0.25, 0.3) is 10.9 Å². The molecule has 3 heteroatoms. The highest BCUT2D eigenvalue weighted by atomic mass is 16.3. The van der Waals surface area contributed by atoms with Crippen molar-refractivity contribution in [2.75, 3.05) is 6.54 Å². The molecule has 2 heterocycles. The molecule has 0 radical (unpaired) electrons. The highest BCUT2D eigenvalue weighted by Gasteiger charge is 2.48. The van der Waals surface area contributed by atoms with E-state index in [9.17, 15) is 5.11 Å². The number of nitrogens with zero attached hydrogens (tertiary/aromatic N) is 1. The number of fused-ring (bicyclic) bond motifs is 2. The Balaban J connectivity index is 1.46. The summed E-state index contributed by atoms with van der Waals surface area (Å²) >= 11 is 0. The summed E-state index contributed by atoms with van der Waals surface area (Å²) in [5.74, 6) is 0.327. The van der Waals surface area contributed by atoms with Crippen LogP contribution in [0.3, 0.4) is 0 Å². The third-order valence-corrected chi connectivity index (χ3v) is 6.92. The van der Waals surface area contributed by atoms with E-state index in [0.29, 0.717) is 12.0 Å². The molecule has 2 aliphatic rings. The number of hydrogen-bond acceptors (Lipinski definition) is 2. The van der Waals surface area contributed by atoms with Gasteiger partial charge < -0.3 is 10.1 Å². The summed E-state index contributed by atoms with van der Waals surface area (Å²) in [6.07, 6.45) is 7.68. The first kappa shape index (κ1) is 17.0. The lowest BCUT2D eigenvalue weighted by atomic mass is 9.66. The van der Waals surface area contributed by atoms with Gasteiger partial charge in [0.1, 0.15) is 0 Å². The number of hydrogen-bond donors (Lipinski definition) is 2. The van der Waals surface area contributed by atoms with E-state index in [0.717, 1.165) is 31.5 Å². The van der Waals surface area contributed by atoms with E-state index in [1.807, 2.05) is 12.3 Å². The van der Waals surface area contributed by atoms with Crippen molar-refractivity contribution in [3.63, 3.8) is 0 Å². The van der Waals surface area contributed by atoms with Crippen molar-refractivity contribution in [3.05, 3.63) is 71.9 Å². The molecule has 1 aliphatic carbocycles. The molecule has 0 amide bonds. The molecule has 3 nitrogen and oxygen atoms in total. The van der Waals surface area contributed by atoms with Crippen molar-refractivity contribution in [1.82, 2.24) is 9.88 Å². The minimum atomic E-state index is -0.678. The quantitative estimate of drug-likeness (QED) is 0.703. The second-order valence-corrected chi connectivity index (χ2v) is 8.33. The number of benzene rings is 2. The van der Waals surface area contributed by atoms with E-state index in [1.54, 1.807) is 0 Å². The van der Waals surface area contributed by atoms with Crippen molar-refractivity contribution in [2.24, 2.45) is 5.92 Å². The first-order valence-electron chi connectivity index (χ1n) is 10.3. The van der Waals surface area contributed by atoms with Crippen molar-refractivity contribution in [2.45, 2.75) is 50.3 Å². The highest BCUT2D eigenvalue weighted by Crippen LogP contribution is 2.47. The van der Waals surface area contributed by atoms with E-state index in [4.69, 9.17) is 0 Å². The predicted molar refractivity (Wildman–Crippen MR) is 109 cm³/mol. The van der Waals surface area contributed by atoms with E-state index in [1.165, 1.54) is 35.7 Å². The van der Waals surface area contributed by atoms with Gasteiger partial charge in [0.15, 0.2) is 0 Å². The van der Waals surface area contributed by atoms with E-state index in [2.05, 4.69) is 58.4 Å². The van der Waals surface area contributed by atoms with Crippen LogP contribution in [0, 0.1) is 5.92 Å². The largest absolute Gasteiger partial charge is 0.385 e. The van der Waals surface area contributed by atoms with Gasteiger partial charge in [-0.3, -0.25) is 4.90 Å². The summed E-state index contributed by atoms with van der Waals surface area (Å²) < 4.78 is 0. The number of rotatable bonds is 3. The van der Waals surface area contributed by atoms with Gasteiger partial charge in [-0.1, -0.05) is 55.3 Å². The number of H-pyrrole nitrogens is 1. The molecule has 0 unspecified atom stereocenters. The maximum atomic E-state index is 11.7. The molecular formula is C24H28N2O. The number of piperidine rings is 1. The predicted octanol–water partition coefficient (Wildman–Crippen LogP) is 4.82. The molecule has 3 aromatic rings. The molecule has 5 rings (SSSR count). The van der Waals surface area contributed by atoms with Crippen LogP contribution in [-0.4, -0.2) is 27.6 Å². The Morgan fingerprint density at radius 1 is 1.00 bits per heavy atom. The summed E-state index contributed by atoms with van der Waals surface area (Å²) in [7, 11) is 0. The van der Waals surface area contributed by atoms with Crippen LogP contribution in [0.5, 0.6) is 0 Å². The Labute approximate surface area is 161 Å². The van der Waals surface area contributed by atoms with Crippen LogP contribution in [0.1, 0.15) is 43.2 Å². The number of aromatic nitrogens is 1. The molecule has 140 valence electrons. The topological polar surface area (TPSA) is 39.3 Å². The summed E-state index contributed by atoms with van der Waals surface area (Å²) in [4.78, 5) is 5.97.